The molecule has 0 aromatic heterocycles. The summed E-state index contributed by atoms with van der Waals surface area (Å²) in [6.45, 7) is 11.2. The molecule has 0 amide bonds. The van der Waals surface area contributed by atoms with Crippen LogP contribution in [0, 0.1) is 0 Å². The third kappa shape index (κ3) is 9.09. The molecule has 1 heterocycles. The van der Waals surface area contributed by atoms with Crippen LogP contribution < -0.4 is 4.74 Å². The van der Waals surface area contributed by atoms with E-state index < -0.39 is 11.7 Å². The standard InChI is InChI=1S/C29H42F3N3O/c1-23(2)35-21-19-34(20-22-35)17-6-5-7-24-8-10-25(11-9-24)28(16-18-33(3)4)36-27-14-12-26(13-15-27)29(30,31)32/h8-15,23,28H,5-7,16-22H2,1-4H3. The molecular weight excluding hydrogens is 463 g/mol. The predicted octanol–water partition coefficient (Wildman–Crippen LogP) is 6.13. The lowest BCUT2D eigenvalue weighted by atomic mass is 10.0. The van der Waals surface area contributed by atoms with Crippen molar-refractivity contribution >= 4 is 0 Å². The van der Waals surface area contributed by atoms with Gasteiger partial charge >= 0.3 is 6.18 Å². The number of benzene rings is 2. The Labute approximate surface area is 215 Å². The molecule has 0 bridgehead atoms. The highest BCUT2D eigenvalue weighted by Gasteiger charge is 2.30. The topological polar surface area (TPSA) is 19.0 Å². The molecule has 36 heavy (non-hydrogen) atoms. The first-order chi connectivity index (χ1) is 17.1. The van der Waals surface area contributed by atoms with Crippen molar-refractivity contribution in [1.29, 1.82) is 0 Å². The summed E-state index contributed by atoms with van der Waals surface area (Å²) in [5.74, 6) is 0.449. The van der Waals surface area contributed by atoms with Crippen molar-refractivity contribution in [2.45, 2.75) is 57.9 Å². The largest absolute Gasteiger partial charge is 0.486 e. The van der Waals surface area contributed by atoms with Crippen LogP contribution in [0.25, 0.3) is 0 Å². The molecule has 1 aliphatic heterocycles. The van der Waals surface area contributed by atoms with Crippen molar-refractivity contribution in [1.82, 2.24) is 14.7 Å². The number of ether oxygens (including phenoxy) is 1. The van der Waals surface area contributed by atoms with Gasteiger partial charge in [0.25, 0.3) is 0 Å². The van der Waals surface area contributed by atoms with Crippen LogP contribution >= 0.6 is 0 Å². The van der Waals surface area contributed by atoms with E-state index in [1.165, 1.54) is 50.3 Å². The molecule has 3 rings (SSSR count). The third-order valence-electron chi connectivity index (χ3n) is 6.98. The van der Waals surface area contributed by atoms with E-state index in [9.17, 15) is 13.2 Å². The number of piperazine rings is 1. The number of unbranched alkanes of at least 4 members (excludes halogenated alkanes) is 1. The van der Waals surface area contributed by atoms with Gasteiger partial charge < -0.3 is 14.5 Å². The highest BCUT2D eigenvalue weighted by atomic mass is 19.4. The number of rotatable bonds is 12. The Balaban J connectivity index is 1.50. The van der Waals surface area contributed by atoms with Crippen LogP contribution in [0.3, 0.4) is 0 Å². The summed E-state index contributed by atoms with van der Waals surface area (Å²) in [6.07, 6.45) is -0.405. The summed E-state index contributed by atoms with van der Waals surface area (Å²) < 4.78 is 44.8. The maximum absolute atomic E-state index is 12.9. The third-order valence-corrected chi connectivity index (χ3v) is 6.98. The normalized spacial score (nSPS) is 16.6. The van der Waals surface area contributed by atoms with Gasteiger partial charge in [-0.2, -0.15) is 13.2 Å². The lowest BCUT2D eigenvalue weighted by molar-refractivity contribution is -0.137. The number of halogens is 3. The highest BCUT2D eigenvalue weighted by Crippen LogP contribution is 2.32. The monoisotopic (exact) mass is 505 g/mol. The zero-order valence-electron chi connectivity index (χ0n) is 22.2. The quantitative estimate of drug-likeness (QED) is 0.323. The Hall–Kier alpha value is -2.09. The fourth-order valence-corrected chi connectivity index (χ4v) is 4.62. The van der Waals surface area contributed by atoms with E-state index in [0.717, 1.165) is 50.0 Å². The summed E-state index contributed by atoms with van der Waals surface area (Å²) in [5.41, 5.74) is 1.69. The van der Waals surface area contributed by atoms with Crippen molar-refractivity contribution < 1.29 is 17.9 Å². The Kier molecular flexibility index (Phi) is 10.6. The second-order valence-corrected chi connectivity index (χ2v) is 10.4. The van der Waals surface area contributed by atoms with Crippen LogP contribution in [-0.2, 0) is 12.6 Å². The first-order valence-electron chi connectivity index (χ1n) is 13.2. The summed E-state index contributed by atoms with van der Waals surface area (Å²) >= 11 is 0. The van der Waals surface area contributed by atoms with Gasteiger partial charge in [-0.05, 0) is 89.1 Å². The molecule has 0 spiro atoms. The van der Waals surface area contributed by atoms with Gasteiger partial charge in [0, 0.05) is 45.2 Å². The molecule has 1 fully saturated rings. The number of hydrogen-bond acceptors (Lipinski definition) is 4. The Bertz CT molecular complexity index is 889. The fraction of sp³-hybridized carbons (Fsp3) is 0.586. The molecule has 0 aliphatic carbocycles. The van der Waals surface area contributed by atoms with Crippen LogP contribution in [0.5, 0.6) is 5.75 Å². The summed E-state index contributed by atoms with van der Waals surface area (Å²) in [7, 11) is 4.00. The van der Waals surface area contributed by atoms with E-state index in [2.05, 4.69) is 52.8 Å². The molecule has 2 aromatic carbocycles. The Morgan fingerprint density at radius 3 is 2.08 bits per heavy atom. The number of hydrogen-bond donors (Lipinski definition) is 0. The average Bonchev–Trinajstić information content (AvgIpc) is 2.85. The van der Waals surface area contributed by atoms with Crippen LogP contribution in [0.4, 0.5) is 13.2 Å². The van der Waals surface area contributed by atoms with Gasteiger partial charge in [-0.1, -0.05) is 24.3 Å². The molecule has 1 aliphatic rings. The van der Waals surface area contributed by atoms with E-state index in [-0.39, 0.29) is 6.10 Å². The minimum Gasteiger partial charge on any atom is -0.486 e. The zero-order valence-corrected chi connectivity index (χ0v) is 22.2. The Morgan fingerprint density at radius 2 is 1.53 bits per heavy atom. The molecule has 1 saturated heterocycles. The zero-order chi connectivity index (χ0) is 26.1. The van der Waals surface area contributed by atoms with Gasteiger partial charge in [-0.15, -0.1) is 0 Å². The fourth-order valence-electron chi connectivity index (χ4n) is 4.62. The second kappa shape index (κ2) is 13.5. The van der Waals surface area contributed by atoms with Gasteiger partial charge in [0.05, 0.1) is 5.56 Å². The lowest BCUT2D eigenvalue weighted by Crippen LogP contribution is -2.48. The van der Waals surface area contributed by atoms with Gasteiger partial charge in [0.1, 0.15) is 11.9 Å². The number of nitrogens with zero attached hydrogens (tertiary/aromatic N) is 3. The van der Waals surface area contributed by atoms with Crippen molar-refractivity contribution in [3.63, 3.8) is 0 Å². The van der Waals surface area contributed by atoms with Crippen molar-refractivity contribution in [3.05, 3.63) is 65.2 Å². The van der Waals surface area contributed by atoms with Crippen LogP contribution in [0.2, 0.25) is 0 Å². The number of aryl methyl sites for hydroxylation is 1. The van der Waals surface area contributed by atoms with Crippen LogP contribution in [0.1, 0.15) is 55.9 Å². The predicted molar refractivity (Wildman–Crippen MR) is 141 cm³/mol. The molecule has 0 saturated carbocycles. The highest BCUT2D eigenvalue weighted by molar-refractivity contribution is 5.31. The van der Waals surface area contributed by atoms with E-state index in [1.54, 1.807) is 0 Å². The van der Waals surface area contributed by atoms with Gasteiger partial charge in [0.2, 0.25) is 0 Å². The molecule has 0 radical (unpaired) electrons. The average molecular weight is 506 g/mol. The lowest BCUT2D eigenvalue weighted by Gasteiger charge is -2.36. The summed E-state index contributed by atoms with van der Waals surface area (Å²) in [4.78, 5) is 7.21. The molecule has 1 atom stereocenters. The maximum Gasteiger partial charge on any atom is 0.416 e. The smallest absolute Gasteiger partial charge is 0.416 e. The first-order valence-corrected chi connectivity index (χ1v) is 13.2. The van der Waals surface area contributed by atoms with E-state index in [1.807, 2.05) is 14.1 Å². The molecule has 2 aromatic rings. The summed E-state index contributed by atoms with van der Waals surface area (Å²) in [6, 6.07) is 14.1. The molecule has 1 unspecified atom stereocenters. The minimum atomic E-state index is -4.35. The van der Waals surface area contributed by atoms with Crippen LogP contribution in [-0.4, -0.2) is 74.1 Å². The van der Waals surface area contributed by atoms with Crippen LogP contribution in [0.15, 0.2) is 48.5 Å². The minimum absolute atomic E-state index is 0.220. The summed E-state index contributed by atoms with van der Waals surface area (Å²) in [5, 5.41) is 0. The molecule has 200 valence electrons. The molecular formula is C29H42F3N3O. The molecule has 4 nitrogen and oxygen atoms in total. The van der Waals surface area contributed by atoms with E-state index in [4.69, 9.17) is 4.74 Å². The maximum atomic E-state index is 12.9. The molecule has 7 heteroatoms. The van der Waals surface area contributed by atoms with Crippen molar-refractivity contribution in [3.8, 4) is 5.75 Å². The number of alkyl halides is 3. The van der Waals surface area contributed by atoms with Gasteiger partial charge in [0.15, 0.2) is 0 Å². The SMILES string of the molecule is CC(C)N1CCN(CCCCc2ccc(C(CCN(C)C)Oc3ccc(C(F)(F)F)cc3)cc2)CC1. The first kappa shape index (κ1) is 28.5. The van der Waals surface area contributed by atoms with Crippen molar-refractivity contribution in [2.75, 3.05) is 53.4 Å². The second-order valence-electron chi connectivity index (χ2n) is 10.4. The van der Waals surface area contributed by atoms with Gasteiger partial charge in [-0.3, -0.25) is 4.90 Å². The van der Waals surface area contributed by atoms with Gasteiger partial charge in [-0.25, -0.2) is 0 Å². The Morgan fingerprint density at radius 1 is 0.889 bits per heavy atom. The van der Waals surface area contributed by atoms with E-state index >= 15 is 0 Å². The van der Waals surface area contributed by atoms with Crippen molar-refractivity contribution in [2.24, 2.45) is 0 Å². The molecule has 0 N–H and O–H groups in total. The van der Waals surface area contributed by atoms with E-state index in [0.29, 0.717) is 11.8 Å².